The van der Waals surface area contributed by atoms with E-state index < -0.39 is 0 Å². The molecular weight excluding hydrogens is 188 g/mol. The number of rotatable bonds is 3. The molecular formula is C12H16N2O. The van der Waals surface area contributed by atoms with Crippen molar-refractivity contribution in [2.24, 2.45) is 0 Å². The zero-order valence-corrected chi connectivity index (χ0v) is 9.16. The zero-order chi connectivity index (χ0) is 11.4. The van der Waals surface area contributed by atoms with Crippen LogP contribution in [0.15, 0.2) is 24.8 Å². The average Bonchev–Trinajstić information content (AvgIpc) is 2.20. The molecule has 1 aromatic rings. The Bertz CT molecular complexity index is 383. The van der Waals surface area contributed by atoms with Crippen molar-refractivity contribution in [3.8, 4) is 0 Å². The van der Waals surface area contributed by atoms with Gasteiger partial charge in [0.25, 0.3) is 0 Å². The van der Waals surface area contributed by atoms with Crippen LogP contribution < -0.4 is 5.73 Å². The average molecular weight is 204 g/mol. The first-order chi connectivity index (χ1) is 7.04. The first kappa shape index (κ1) is 11.3. The Hall–Kier alpha value is -1.77. The number of benzene rings is 1. The van der Waals surface area contributed by atoms with Crippen LogP contribution in [0, 0.1) is 0 Å². The highest BCUT2D eigenvalue weighted by Gasteiger charge is 2.06. The van der Waals surface area contributed by atoms with Crippen molar-refractivity contribution in [1.29, 1.82) is 0 Å². The van der Waals surface area contributed by atoms with Crippen molar-refractivity contribution in [3.05, 3.63) is 35.9 Å². The van der Waals surface area contributed by atoms with Gasteiger partial charge < -0.3 is 10.6 Å². The summed E-state index contributed by atoms with van der Waals surface area (Å²) in [6.07, 6.45) is 2.09. The molecule has 0 bridgehead atoms. The number of anilines is 1. The van der Waals surface area contributed by atoms with E-state index >= 15 is 0 Å². The Morgan fingerprint density at radius 1 is 1.53 bits per heavy atom. The summed E-state index contributed by atoms with van der Waals surface area (Å²) in [4.78, 5) is 13.0. The largest absolute Gasteiger partial charge is 0.398 e. The molecule has 2 N–H and O–H groups in total. The fraction of sp³-hybridized carbons (Fsp3) is 0.250. The second kappa shape index (κ2) is 4.64. The van der Waals surface area contributed by atoms with Gasteiger partial charge in [0.05, 0.1) is 6.42 Å². The van der Waals surface area contributed by atoms with Gasteiger partial charge in [0, 0.05) is 19.8 Å². The van der Waals surface area contributed by atoms with Gasteiger partial charge in [0.1, 0.15) is 0 Å². The van der Waals surface area contributed by atoms with Gasteiger partial charge in [-0.05, 0) is 23.3 Å². The molecule has 1 rings (SSSR count). The predicted molar refractivity (Wildman–Crippen MR) is 63.3 cm³/mol. The number of nitrogens with zero attached hydrogens (tertiary/aromatic N) is 1. The Morgan fingerprint density at radius 2 is 2.20 bits per heavy atom. The van der Waals surface area contributed by atoms with Gasteiger partial charge in [0.15, 0.2) is 0 Å². The number of amides is 1. The summed E-state index contributed by atoms with van der Waals surface area (Å²) < 4.78 is 0. The van der Waals surface area contributed by atoms with Gasteiger partial charge in [-0.1, -0.05) is 18.7 Å². The summed E-state index contributed by atoms with van der Waals surface area (Å²) >= 11 is 0. The molecule has 3 heteroatoms. The fourth-order valence-electron chi connectivity index (χ4n) is 1.24. The van der Waals surface area contributed by atoms with E-state index in [-0.39, 0.29) is 5.91 Å². The van der Waals surface area contributed by atoms with Crippen molar-refractivity contribution in [2.45, 2.75) is 6.42 Å². The molecule has 0 saturated heterocycles. The molecule has 0 fully saturated rings. The zero-order valence-electron chi connectivity index (χ0n) is 9.16. The van der Waals surface area contributed by atoms with Crippen LogP contribution in [-0.2, 0) is 11.2 Å². The summed E-state index contributed by atoms with van der Waals surface area (Å²) in [7, 11) is 3.49. The molecule has 0 aliphatic carbocycles. The summed E-state index contributed by atoms with van der Waals surface area (Å²) in [5.41, 5.74) is 8.24. The maximum absolute atomic E-state index is 11.5. The predicted octanol–water partition coefficient (Wildman–Crippen LogP) is 1.54. The smallest absolute Gasteiger partial charge is 0.226 e. The van der Waals surface area contributed by atoms with Crippen LogP contribution in [0.25, 0.3) is 6.08 Å². The van der Waals surface area contributed by atoms with E-state index in [1.165, 1.54) is 0 Å². The molecule has 0 saturated carbocycles. The standard InChI is InChI=1S/C12H16N2O/c1-4-10-7-9(5-6-11(10)13)8-12(15)14(2)3/h4-7H,1,8,13H2,2-3H3. The van der Waals surface area contributed by atoms with Crippen LogP contribution in [0.5, 0.6) is 0 Å². The van der Waals surface area contributed by atoms with Crippen molar-refractivity contribution >= 4 is 17.7 Å². The summed E-state index contributed by atoms with van der Waals surface area (Å²) in [5, 5.41) is 0. The molecule has 3 nitrogen and oxygen atoms in total. The van der Waals surface area contributed by atoms with E-state index in [1.54, 1.807) is 31.1 Å². The third-order valence-corrected chi connectivity index (χ3v) is 2.23. The first-order valence-corrected chi connectivity index (χ1v) is 4.75. The van der Waals surface area contributed by atoms with E-state index in [0.717, 1.165) is 11.1 Å². The molecule has 0 aromatic heterocycles. The van der Waals surface area contributed by atoms with Crippen LogP contribution in [0.2, 0.25) is 0 Å². The van der Waals surface area contributed by atoms with Crippen molar-refractivity contribution < 1.29 is 4.79 Å². The minimum Gasteiger partial charge on any atom is -0.398 e. The normalized spacial score (nSPS) is 9.73. The summed E-state index contributed by atoms with van der Waals surface area (Å²) in [6, 6.07) is 5.56. The number of carbonyl (C=O) groups is 1. The van der Waals surface area contributed by atoms with Crippen molar-refractivity contribution in [1.82, 2.24) is 4.90 Å². The second-order valence-corrected chi connectivity index (χ2v) is 3.63. The third kappa shape index (κ3) is 2.84. The maximum Gasteiger partial charge on any atom is 0.226 e. The molecule has 1 amide bonds. The summed E-state index contributed by atoms with van der Waals surface area (Å²) in [5.74, 6) is 0.0785. The Kier molecular flexibility index (Phi) is 3.50. The minimum absolute atomic E-state index is 0.0785. The highest BCUT2D eigenvalue weighted by molar-refractivity contribution is 5.79. The molecule has 0 heterocycles. The highest BCUT2D eigenvalue weighted by Crippen LogP contribution is 2.15. The van der Waals surface area contributed by atoms with Crippen LogP contribution in [-0.4, -0.2) is 24.9 Å². The first-order valence-electron chi connectivity index (χ1n) is 4.75. The number of hydrogen-bond donors (Lipinski definition) is 1. The van der Waals surface area contributed by atoms with E-state index in [1.807, 2.05) is 12.1 Å². The Balaban J connectivity index is 2.87. The lowest BCUT2D eigenvalue weighted by Gasteiger charge is -2.10. The van der Waals surface area contributed by atoms with E-state index in [4.69, 9.17) is 5.73 Å². The monoisotopic (exact) mass is 204 g/mol. The van der Waals surface area contributed by atoms with Crippen molar-refractivity contribution in [3.63, 3.8) is 0 Å². The van der Waals surface area contributed by atoms with Crippen LogP contribution in [0.3, 0.4) is 0 Å². The Morgan fingerprint density at radius 3 is 2.73 bits per heavy atom. The Labute approximate surface area is 90.2 Å². The molecule has 0 aliphatic heterocycles. The van der Waals surface area contributed by atoms with Gasteiger partial charge in [-0.3, -0.25) is 4.79 Å². The molecule has 0 aliphatic rings. The van der Waals surface area contributed by atoms with Gasteiger partial charge in [-0.25, -0.2) is 0 Å². The molecule has 1 aromatic carbocycles. The second-order valence-electron chi connectivity index (χ2n) is 3.63. The van der Waals surface area contributed by atoms with Crippen molar-refractivity contribution in [2.75, 3.05) is 19.8 Å². The van der Waals surface area contributed by atoms with Crippen LogP contribution >= 0.6 is 0 Å². The molecule has 0 radical (unpaired) electrons. The number of nitrogens with two attached hydrogens (primary N) is 1. The lowest BCUT2D eigenvalue weighted by molar-refractivity contribution is -0.127. The van der Waals surface area contributed by atoms with E-state index in [9.17, 15) is 4.79 Å². The number of nitrogen functional groups attached to an aromatic ring is 1. The molecule has 0 unspecified atom stereocenters. The highest BCUT2D eigenvalue weighted by atomic mass is 16.2. The summed E-state index contributed by atoms with van der Waals surface area (Å²) in [6.45, 7) is 3.67. The lowest BCUT2D eigenvalue weighted by atomic mass is 10.1. The van der Waals surface area contributed by atoms with Gasteiger partial charge >= 0.3 is 0 Å². The van der Waals surface area contributed by atoms with Crippen LogP contribution in [0.1, 0.15) is 11.1 Å². The number of hydrogen-bond acceptors (Lipinski definition) is 2. The van der Waals surface area contributed by atoms with Gasteiger partial charge in [-0.15, -0.1) is 0 Å². The lowest BCUT2D eigenvalue weighted by Crippen LogP contribution is -2.23. The SMILES string of the molecule is C=Cc1cc(CC(=O)N(C)C)ccc1N. The molecule has 80 valence electrons. The van der Waals surface area contributed by atoms with Crippen LogP contribution in [0.4, 0.5) is 5.69 Å². The fourth-order valence-corrected chi connectivity index (χ4v) is 1.24. The minimum atomic E-state index is 0.0785. The van der Waals surface area contributed by atoms with Gasteiger partial charge in [0.2, 0.25) is 5.91 Å². The number of likely N-dealkylation sites (N-methyl/N-ethyl adjacent to an activating group) is 1. The maximum atomic E-state index is 11.5. The van der Waals surface area contributed by atoms with E-state index in [0.29, 0.717) is 12.1 Å². The van der Waals surface area contributed by atoms with E-state index in [2.05, 4.69) is 6.58 Å². The third-order valence-electron chi connectivity index (χ3n) is 2.23. The topological polar surface area (TPSA) is 46.3 Å². The molecule has 0 spiro atoms. The molecule has 15 heavy (non-hydrogen) atoms. The quantitative estimate of drug-likeness (QED) is 0.759. The number of carbonyl (C=O) groups excluding carboxylic acids is 1. The molecule has 0 atom stereocenters. The van der Waals surface area contributed by atoms with Gasteiger partial charge in [-0.2, -0.15) is 0 Å².